The number of ether oxygens (including phenoxy) is 1. The van der Waals surface area contributed by atoms with Gasteiger partial charge in [-0.2, -0.15) is 0 Å². The first-order chi connectivity index (χ1) is 12.2. The molecule has 132 valence electrons. The SMILES string of the molecule is COc1ccc(NC(=O)NCC2CCN(c3ccccc3)C2)c(Cl)c1. The molecule has 0 saturated carbocycles. The smallest absolute Gasteiger partial charge is 0.319 e. The fourth-order valence-corrected chi connectivity index (χ4v) is 3.22. The largest absolute Gasteiger partial charge is 0.497 e. The highest BCUT2D eigenvalue weighted by Crippen LogP contribution is 2.26. The molecule has 1 aliphatic heterocycles. The Morgan fingerprint density at radius 2 is 2.08 bits per heavy atom. The Morgan fingerprint density at radius 1 is 1.28 bits per heavy atom. The van der Waals surface area contributed by atoms with Crippen molar-refractivity contribution in [3.63, 3.8) is 0 Å². The summed E-state index contributed by atoms with van der Waals surface area (Å²) in [7, 11) is 1.58. The lowest BCUT2D eigenvalue weighted by molar-refractivity contribution is 0.250. The summed E-state index contributed by atoms with van der Waals surface area (Å²) in [6, 6.07) is 15.3. The van der Waals surface area contributed by atoms with Crippen LogP contribution >= 0.6 is 11.6 Å². The van der Waals surface area contributed by atoms with Crippen molar-refractivity contribution in [3.05, 3.63) is 53.6 Å². The van der Waals surface area contributed by atoms with Crippen LogP contribution in [-0.4, -0.2) is 32.8 Å². The molecule has 2 N–H and O–H groups in total. The quantitative estimate of drug-likeness (QED) is 0.848. The third kappa shape index (κ3) is 4.57. The van der Waals surface area contributed by atoms with E-state index in [4.69, 9.17) is 16.3 Å². The molecule has 0 aromatic heterocycles. The predicted octanol–water partition coefficient (Wildman–Crippen LogP) is 4.00. The molecular formula is C19H22ClN3O2. The maximum atomic E-state index is 12.1. The lowest BCUT2D eigenvalue weighted by atomic mass is 10.1. The number of hydrogen-bond acceptors (Lipinski definition) is 3. The van der Waals surface area contributed by atoms with Gasteiger partial charge in [0.1, 0.15) is 5.75 Å². The van der Waals surface area contributed by atoms with Crippen molar-refractivity contribution in [2.24, 2.45) is 5.92 Å². The van der Waals surface area contributed by atoms with Crippen LogP contribution in [0.5, 0.6) is 5.75 Å². The van der Waals surface area contributed by atoms with Crippen LogP contribution in [0.1, 0.15) is 6.42 Å². The van der Waals surface area contributed by atoms with E-state index in [1.165, 1.54) is 5.69 Å². The molecule has 1 fully saturated rings. The van der Waals surface area contributed by atoms with Crippen LogP contribution in [0.3, 0.4) is 0 Å². The number of amides is 2. The number of carbonyl (C=O) groups is 1. The third-order valence-corrected chi connectivity index (χ3v) is 4.70. The summed E-state index contributed by atoms with van der Waals surface area (Å²) in [6.07, 6.45) is 1.07. The van der Waals surface area contributed by atoms with E-state index in [1.807, 2.05) is 18.2 Å². The lowest BCUT2D eigenvalue weighted by Crippen LogP contribution is -2.34. The molecule has 3 rings (SSSR count). The van der Waals surface area contributed by atoms with Crippen LogP contribution in [0.15, 0.2) is 48.5 Å². The highest BCUT2D eigenvalue weighted by Gasteiger charge is 2.23. The lowest BCUT2D eigenvalue weighted by Gasteiger charge is -2.18. The predicted molar refractivity (Wildman–Crippen MR) is 102 cm³/mol. The fourth-order valence-electron chi connectivity index (χ4n) is 3.00. The Hall–Kier alpha value is -2.40. The Balaban J connectivity index is 1.47. The van der Waals surface area contributed by atoms with Gasteiger partial charge < -0.3 is 20.3 Å². The molecule has 0 bridgehead atoms. The second kappa shape index (κ2) is 8.12. The molecule has 0 aliphatic carbocycles. The van der Waals surface area contributed by atoms with Crippen LogP contribution in [0.2, 0.25) is 5.02 Å². The van der Waals surface area contributed by atoms with Gasteiger partial charge >= 0.3 is 6.03 Å². The highest BCUT2D eigenvalue weighted by atomic mass is 35.5. The van der Waals surface area contributed by atoms with Gasteiger partial charge in [0.15, 0.2) is 0 Å². The number of rotatable bonds is 5. The minimum Gasteiger partial charge on any atom is -0.497 e. The monoisotopic (exact) mass is 359 g/mol. The van der Waals surface area contributed by atoms with E-state index < -0.39 is 0 Å². The summed E-state index contributed by atoms with van der Waals surface area (Å²) < 4.78 is 5.10. The number of hydrogen-bond donors (Lipinski definition) is 2. The van der Waals surface area contributed by atoms with Gasteiger partial charge in [0.2, 0.25) is 0 Å². The topological polar surface area (TPSA) is 53.6 Å². The summed E-state index contributed by atoms with van der Waals surface area (Å²) in [5.41, 5.74) is 1.80. The number of urea groups is 1. The number of halogens is 1. The number of nitrogens with one attached hydrogen (secondary N) is 2. The van der Waals surface area contributed by atoms with Gasteiger partial charge in [0.05, 0.1) is 17.8 Å². The second-order valence-electron chi connectivity index (χ2n) is 6.12. The van der Waals surface area contributed by atoms with E-state index in [-0.39, 0.29) is 6.03 Å². The van der Waals surface area contributed by atoms with E-state index in [0.29, 0.717) is 28.9 Å². The number of methoxy groups -OCH3 is 1. The molecule has 2 aromatic carbocycles. The molecule has 6 heteroatoms. The summed E-state index contributed by atoms with van der Waals surface area (Å²) >= 11 is 6.14. The summed E-state index contributed by atoms with van der Waals surface area (Å²) in [6.45, 7) is 2.61. The van der Waals surface area contributed by atoms with Gasteiger partial charge in [-0.1, -0.05) is 29.8 Å². The molecule has 1 atom stereocenters. The molecule has 5 nitrogen and oxygen atoms in total. The van der Waals surface area contributed by atoms with Crippen LogP contribution in [0.25, 0.3) is 0 Å². The van der Waals surface area contributed by atoms with Crippen molar-refractivity contribution in [1.29, 1.82) is 0 Å². The van der Waals surface area contributed by atoms with Gasteiger partial charge in [-0.05, 0) is 36.6 Å². The molecule has 0 spiro atoms. The third-order valence-electron chi connectivity index (χ3n) is 4.38. The van der Waals surface area contributed by atoms with Crippen molar-refractivity contribution >= 4 is 29.0 Å². The van der Waals surface area contributed by atoms with Crippen LogP contribution in [0.4, 0.5) is 16.2 Å². The number of carbonyl (C=O) groups excluding carboxylic acids is 1. The minimum atomic E-state index is -0.245. The molecule has 1 saturated heterocycles. The van der Waals surface area contributed by atoms with Gasteiger partial charge in [0.25, 0.3) is 0 Å². The maximum Gasteiger partial charge on any atom is 0.319 e. The molecule has 2 amide bonds. The minimum absolute atomic E-state index is 0.245. The summed E-state index contributed by atoms with van der Waals surface area (Å²) in [5.74, 6) is 1.10. The van der Waals surface area contributed by atoms with Crippen molar-refractivity contribution in [1.82, 2.24) is 5.32 Å². The molecule has 1 unspecified atom stereocenters. The zero-order valence-corrected chi connectivity index (χ0v) is 14.9. The van der Waals surface area contributed by atoms with Gasteiger partial charge in [0, 0.05) is 31.4 Å². The normalized spacial score (nSPS) is 16.6. The van der Waals surface area contributed by atoms with Crippen molar-refractivity contribution in [2.75, 3.05) is 37.0 Å². The Bertz CT molecular complexity index is 724. The zero-order valence-electron chi connectivity index (χ0n) is 14.2. The first kappa shape index (κ1) is 17.4. The van der Waals surface area contributed by atoms with Crippen LogP contribution in [-0.2, 0) is 0 Å². The number of anilines is 2. The number of nitrogens with zero attached hydrogens (tertiary/aromatic N) is 1. The molecule has 1 aliphatic rings. The average molecular weight is 360 g/mol. The van der Waals surface area contributed by atoms with E-state index in [0.717, 1.165) is 19.5 Å². The number of para-hydroxylation sites is 1. The van der Waals surface area contributed by atoms with Crippen LogP contribution in [0, 0.1) is 5.92 Å². The molecule has 25 heavy (non-hydrogen) atoms. The Kier molecular flexibility index (Phi) is 5.66. The Labute approximate surface area is 152 Å². The van der Waals surface area contributed by atoms with Crippen molar-refractivity contribution in [2.45, 2.75) is 6.42 Å². The summed E-state index contributed by atoms with van der Waals surface area (Å²) in [5, 5.41) is 6.16. The van der Waals surface area contributed by atoms with Crippen molar-refractivity contribution < 1.29 is 9.53 Å². The standard InChI is InChI=1S/C19H22ClN3O2/c1-25-16-7-8-18(17(20)11-16)22-19(24)21-12-14-9-10-23(13-14)15-5-3-2-4-6-15/h2-8,11,14H,9-10,12-13H2,1H3,(H2,21,22,24). The second-order valence-corrected chi connectivity index (χ2v) is 6.52. The van der Waals surface area contributed by atoms with E-state index in [1.54, 1.807) is 25.3 Å². The first-order valence-corrected chi connectivity index (χ1v) is 8.72. The van der Waals surface area contributed by atoms with Crippen LogP contribution < -0.4 is 20.3 Å². The zero-order chi connectivity index (χ0) is 17.6. The summed E-state index contributed by atoms with van der Waals surface area (Å²) in [4.78, 5) is 14.5. The fraction of sp³-hybridized carbons (Fsp3) is 0.316. The maximum absolute atomic E-state index is 12.1. The molecule has 2 aromatic rings. The van der Waals surface area contributed by atoms with Gasteiger partial charge in [-0.3, -0.25) is 0 Å². The van der Waals surface area contributed by atoms with Gasteiger partial charge in [-0.25, -0.2) is 4.79 Å². The Morgan fingerprint density at radius 3 is 2.80 bits per heavy atom. The molecule has 0 radical (unpaired) electrons. The van der Waals surface area contributed by atoms with E-state index >= 15 is 0 Å². The highest BCUT2D eigenvalue weighted by molar-refractivity contribution is 6.33. The van der Waals surface area contributed by atoms with E-state index in [2.05, 4.69) is 27.7 Å². The number of benzene rings is 2. The average Bonchev–Trinajstić information content (AvgIpc) is 3.11. The first-order valence-electron chi connectivity index (χ1n) is 8.34. The molecular weight excluding hydrogens is 338 g/mol. The van der Waals surface area contributed by atoms with Gasteiger partial charge in [-0.15, -0.1) is 0 Å². The molecule has 1 heterocycles. The van der Waals surface area contributed by atoms with Crippen molar-refractivity contribution in [3.8, 4) is 5.75 Å². The van der Waals surface area contributed by atoms with E-state index in [9.17, 15) is 4.79 Å².